The summed E-state index contributed by atoms with van der Waals surface area (Å²) < 4.78 is 5.78. The second-order valence-electron chi connectivity index (χ2n) is 12.4. The first-order valence-electron chi connectivity index (χ1n) is 12.7. The fraction of sp³-hybridized carbons (Fsp3) is 0.786. The first kappa shape index (κ1) is 27.6. The number of carboxylic acids is 2. The molecule has 0 heterocycles. The fourth-order valence-electron chi connectivity index (χ4n) is 5.86. The molecule has 0 saturated heterocycles. The largest absolute Gasteiger partial charge is 0.478 e. The average molecular weight is 463 g/mol. The summed E-state index contributed by atoms with van der Waals surface area (Å²) in [4.78, 5) is 24.1. The molecule has 0 aromatic rings. The number of rotatable bonds is 8. The predicted octanol–water partition coefficient (Wildman–Crippen LogP) is 7.02. The van der Waals surface area contributed by atoms with Crippen LogP contribution >= 0.6 is 0 Å². The number of aliphatic carboxylic acids is 2. The van der Waals surface area contributed by atoms with Crippen LogP contribution in [0, 0.1) is 21.7 Å². The second-order valence-corrected chi connectivity index (χ2v) is 12.4. The van der Waals surface area contributed by atoms with Crippen molar-refractivity contribution < 1.29 is 24.5 Å². The lowest BCUT2D eigenvalue weighted by Gasteiger charge is -2.46. The molecule has 2 aliphatic rings. The third kappa shape index (κ3) is 6.71. The van der Waals surface area contributed by atoms with E-state index in [2.05, 4.69) is 41.5 Å². The maximum atomic E-state index is 12.1. The maximum Gasteiger partial charge on any atom is 0.333 e. The summed E-state index contributed by atoms with van der Waals surface area (Å²) in [6, 6.07) is 0. The van der Waals surface area contributed by atoms with Crippen LogP contribution in [0.5, 0.6) is 0 Å². The van der Waals surface area contributed by atoms with Gasteiger partial charge in [-0.3, -0.25) is 0 Å². The molecular formula is C28H46O5. The van der Waals surface area contributed by atoms with Crippen LogP contribution in [0.1, 0.15) is 106 Å². The van der Waals surface area contributed by atoms with Gasteiger partial charge in [-0.15, -0.1) is 0 Å². The Morgan fingerprint density at radius 1 is 0.667 bits per heavy atom. The van der Waals surface area contributed by atoms with Crippen molar-refractivity contribution in [2.45, 2.75) is 106 Å². The number of carbonyl (C=O) groups is 2. The molecule has 0 unspecified atom stereocenters. The Morgan fingerprint density at radius 2 is 0.970 bits per heavy atom. The minimum absolute atomic E-state index is 0.0552. The van der Waals surface area contributed by atoms with Crippen molar-refractivity contribution in [3.63, 3.8) is 0 Å². The smallest absolute Gasteiger partial charge is 0.333 e. The van der Waals surface area contributed by atoms with Crippen LogP contribution in [-0.4, -0.2) is 35.4 Å². The topological polar surface area (TPSA) is 83.8 Å². The minimum Gasteiger partial charge on any atom is -0.478 e. The van der Waals surface area contributed by atoms with Gasteiger partial charge >= 0.3 is 11.9 Å². The second kappa shape index (κ2) is 10.8. The zero-order chi connectivity index (χ0) is 24.9. The van der Waals surface area contributed by atoms with Crippen LogP contribution in [-0.2, 0) is 14.3 Å². The molecule has 5 nitrogen and oxygen atoms in total. The van der Waals surface area contributed by atoms with E-state index in [1.807, 2.05) is 12.2 Å². The fourth-order valence-corrected chi connectivity index (χ4v) is 5.86. The summed E-state index contributed by atoms with van der Waals surface area (Å²) >= 11 is 0. The van der Waals surface area contributed by atoms with Gasteiger partial charge in [-0.2, -0.15) is 0 Å². The van der Waals surface area contributed by atoms with E-state index in [0.717, 1.165) is 51.4 Å². The summed E-state index contributed by atoms with van der Waals surface area (Å²) in [5.41, 5.74) is 0.0125. The van der Waals surface area contributed by atoms with E-state index in [1.165, 1.54) is 12.8 Å². The molecule has 2 aliphatic carbocycles. The van der Waals surface area contributed by atoms with Crippen molar-refractivity contribution in [1.29, 1.82) is 0 Å². The molecule has 2 N–H and O–H groups in total. The van der Waals surface area contributed by atoms with Gasteiger partial charge in [0.1, 0.15) is 0 Å². The van der Waals surface area contributed by atoms with E-state index < -0.39 is 11.9 Å². The molecule has 0 atom stereocenters. The SMILES string of the molecule is CC(C)(C)C1(C=C(COCC(=CC2(C(C)(C)C)CCCCC2)C(=O)O)C(=O)O)CCCCC1. The Kier molecular flexibility index (Phi) is 9.00. The molecule has 0 aromatic heterocycles. The van der Waals surface area contributed by atoms with E-state index in [9.17, 15) is 19.8 Å². The number of ether oxygens (including phenoxy) is 1. The molecule has 0 bridgehead atoms. The van der Waals surface area contributed by atoms with Crippen molar-refractivity contribution in [2.75, 3.05) is 13.2 Å². The Bertz CT molecular complexity index is 684. The zero-order valence-electron chi connectivity index (χ0n) is 21.8. The Labute approximate surface area is 200 Å². The first-order chi connectivity index (χ1) is 15.2. The molecule has 0 aromatic carbocycles. The molecule has 0 radical (unpaired) electrons. The highest BCUT2D eigenvalue weighted by molar-refractivity contribution is 5.88. The van der Waals surface area contributed by atoms with Gasteiger partial charge in [-0.1, -0.05) is 92.2 Å². The van der Waals surface area contributed by atoms with E-state index in [1.54, 1.807) is 0 Å². The Morgan fingerprint density at radius 3 is 1.21 bits per heavy atom. The van der Waals surface area contributed by atoms with Crippen LogP contribution in [0.25, 0.3) is 0 Å². The van der Waals surface area contributed by atoms with Crippen molar-refractivity contribution in [3.8, 4) is 0 Å². The highest BCUT2D eigenvalue weighted by atomic mass is 16.5. The highest BCUT2D eigenvalue weighted by Gasteiger charge is 2.42. The van der Waals surface area contributed by atoms with Gasteiger partial charge in [0.2, 0.25) is 0 Å². The predicted molar refractivity (Wildman–Crippen MR) is 132 cm³/mol. The lowest BCUT2D eigenvalue weighted by molar-refractivity contribution is -0.133. The van der Waals surface area contributed by atoms with Gasteiger partial charge in [0, 0.05) is 0 Å². The number of allylic oxidation sites excluding steroid dienone is 2. The van der Waals surface area contributed by atoms with Crippen LogP contribution in [0.15, 0.2) is 23.3 Å². The normalized spacial score (nSPS) is 22.1. The minimum atomic E-state index is -0.983. The van der Waals surface area contributed by atoms with Crippen LogP contribution < -0.4 is 0 Å². The molecule has 188 valence electrons. The monoisotopic (exact) mass is 462 g/mol. The van der Waals surface area contributed by atoms with E-state index >= 15 is 0 Å². The third-order valence-electron chi connectivity index (χ3n) is 8.44. The average Bonchev–Trinajstić information content (AvgIpc) is 2.71. The maximum absolute atomic E-state index is 12.1. The molecule has 2 saturated carbocycles. The number of carboxylic acid groups (broad SMARTS) is 2. The van der Waals surface area contributed by atoms with Gasteiger partial charge in [0.15, 0.2) is 0 Å². The molecule has 5 heteroatoms. The van der Waals surface area contributed by atoms with Gasteiger partial charge in [-0.05, 0) is 47.3 Å². The van der Waals surface area contributed by atoms with E-state index in [0.29, 0.717) is 0 Å². The van der Waals surface area contributed by atoms with Crippen molar-refractivity contribution in [3.05, 3.63) is 23.3 Å². The van der Waals surface area contributed by atoms with Crippen molar-refractivity contribution in [1.82, 2.24) is 0 Å². The molecule has 0 amide bonds. The number of hydrogen-bond donors (Lipinski definition) is 2. The van der Waals surface area contributed by atoms with Gasteiger partial charge < -0.3 is 14.9 Å². The molecule has 0 aliphatic heterocycles. The molecule has 33 heavy (non-hydrogen) atoms. The van der Waals surface area contributed by atoms with E-state index in [4.69, 9.17) is 4.74 Å². The molecule has 2 fully saturated rings. The summed E-state index contributed by atoms with van der Waals surface area (Å²) in [6.07, 6.45) is 14.5. The molecule has 0 spiro atoms. The van der Waals surface area contributed by atoms with Gasteiger partial charge in [0.25, 0.3) is 0 Å². The lowest BCUT2D eigenvalue weighted by atomic mass is 9.59. The Hall–Kier alpha value is -1.62. The van der Waals surface area contributed by atoms with Crippen molar-refractivity contribution >= 4 is 11.9 Å². The van der Waals surface area contributed by atoms with Gasteiger partial charge in [-0.25, -0.2) is 9.59 Å². The quantitative estimate of drug-likeness (QED) is 0.379. The molecular weight excluding hydrogens is 416 g/mol. The Balaban J connectivity index is 2.24. The first-order valence-corrected chi connectivity index (χ1v) is 12.7. The van der Waals surface area contributed by atoms with Crippen LogP contribution in [0.2, 0.25) is 0 Å². The summed E-state index contributed by atoms with van der Waals surface area (Å²) in [6.45, 7) is 12.9. The van der Waals surface area contributed by atoms with Gasteiger partial charge in [0.05, 0.1) is 24.4 Å². The highest BCUT2D eigenvalue weighted by Crippen LogP contribution is 2.52. The van der Waals surface area contributed by atoms with Crippen molar-refractivity contribution in [2.24, 2.45) is 21.7 Å². The molecule has 2 rings (SSSR count). The van der Waals surface area contributed by atoms with E-state index in [-0.39, 0.29) is 46.0 Å². The summed E-state index contributed by atoms with van der Waals surface area (Å²) in [5.74, 6) is -1.97. The summed E-state index contributed by atoms with van der Waals surface area (Å²) in [7, 11) is 0. The van der Waals surface area contributed by atoms with Crippen LogP contribution in [0.4, 0.5) is 0 Å². The lowest BCUT2D eigenvalue weighted by Crippen LogP contribution is -2.37. The third-order valence-corrected chi connectivity index (χ3v) is 8.44. The standard InChI is InChI=1S/C28H46O5/c1-25(2,3)27(13-9-7-10-14-27)17-21(23(29)30)19-33-20-22(24(31)32)18-28(26(4,5)6)15-11-8-12-16-28/h17-18H,7-16,19-20H2,1-6H3,(H,29,30)(H,31,32). The number of hydrogen-bond acceptors (Lipinski definition) is 3. The zero-order valence-corrected chi connectivity index (χ0v) is 21.8. The van der Waals surface area contributed by atoms with Crippen LogP contribution in [0.3, 0.4) is 0 Å². The summed E-state index contributed by atoms with van der Waals surface area (Å²) in [5, 5.41) is 19.8.